The molecule has 1 aromatic carbocycles. The maximum Gasteiger partial charge on any atom is 0.338 e. The Kier molecular flexibility index (Phi) is 4.99. The first kappa shape index (κ1) is 20.3. The highest BCUT2D eigenvalue weighted by Gasteiger charge is 2.55. The van der Waals surface area contributed by atoms with Gasteiger partial charge in [-0.2, -0.15) is 4.98 Å². The van der Waals surface area contributed by atoms with Gasteiger partial charge in [-0.1, -0.05) is 43.4 Å². The summed E-state index contributed by atoms with van der Waals surface area (Å²) in [5.41, 5.74) is 4.53. The monoisotopic (exact) mass is 430 g/mol. The number of nitrogens with one attached hydrogen (secondary N) is 1. The third kappa shape index (κ3) is 3.12. The van der Waals surface area contributed by atoms with Crippen LogP contribution in [0.4, 0.5) is 5.95 Å². The molecule has 9 nitrogen and oxygen atoms in total. The first-order valence-corrected chi connectivity index (χ1v) is 10.4. The largest absolute Gasteiger partial charge is 0.451 e. The number of aromatic nitrogens is 3. The van der Waals surface area contributed by atoms with Gasteiger partial charge in [0.15, 0.2) is 17.5 Å². The molecule has 0 unspecified atom stereocenters. The molecule has 3 N–H and O–H groups in total. The van der Waals surface area contributed by atoms with Crippen LogP contribution in [0.25, 0.3) is 10.3 Å². The number of rotatable bonds is 4. The second kappa shape index (κ2) is 7.37. The Morgan fingerprint density at radius 1 is 1.37 bits per heavy atom. The molecule has 0 amide bonds. The molecule has 0 bridgehead atoms. The Morgan fingerprint density at radius 3 is 2.73 bits per heavy atom. The number of fused-ring (bicyclic) bond motifs is 1. The summed E-state index contributed by atoms with van der Waals surface area (Å²) in [6, 6.07) is 8.62. The minimum Gasteiger partial charge on any atom is -0.451 e. The lowest BCUT2D eigenvalue weighted by atomic mass is 9.86. The number of nitrogens with zero attached hydrogens (tertiary/aromatic N) is 2. The number of carbonyl (C=O) groups is 1. The van der Waals surface area contributed by atoms with Gasteiger partial charge in [0, 0.05) is 5.92 Å². The summed E-state index contributed by atoms with van der Waals surface area (Å²) in [6.07, 6.45) is -0.562. The Labute approximate surface area is 175 Å². The summed E-state index contributed by atoms with van der Waals surface area (Å²) in [5.74, 6) is -0.852. The fourth-order valence-corrected chi connectivity index (χ4v) is 4.74. The Hall–Kier alpha value is -2.98. The molecule has 10 heteroatoms. The van der Waals surface area contributed by atoms with Gasteiger partial charge < -0.3 is 15.2 Å². The number of esters is 1. The predicted molar refractivity (Wildman–Crippen MR) is 113 cm³/mol. The third-order valence-electron chi connectivity index (χ3n) is 5.71. The normalized spacial score (nSPS) is 26.2. The number of anilines is 1. The van der Waals surface area contributed by atoms with E-state index in [0.717, 1.165) is 11.3 Å². The lowest BCUT2D eigenvalue weighted by Crippen LogP contribution is -2.44. The van der Waals surface area contributed by atoms with E-state index in [1.165, 1.54) is 4.57 Å². The fraction of sp³-hybridized carbons (Fsp3) is 0.400. The summed E-state index contributed by atoms with van der Waals surface area (Å²) >= 11 is 0.752. The molecular weight excluding hydrogens is 408 g/mol. The molecule has 3 aromatic rings. The second-order valence-corrected chi connectivity index (χ2v) is 8.47. The molecule has 1 aliphatic rings. The highest BCUT2D eigenvalue weighted by molar-refractivity contribution is 7.16. The van der Waals surface area contributed by atoms with Crippen LogP contribution < -0.4 is 16.2 Å². The van der Waals surface area contributed by atoms with Crippen molar-refractivity contribution in [2.75, 3.05) is 5.73 Å². The molecule has 30 heavy (non-hydrogen) atoms. The molecule has 0 radical (unpaired) electrons. The van der Waals surface area contributed by atoms with Gasteiger partial charge in [0.2, 0.25) is 5.95 Å². The summed E-state index contributed by atoms with van der Waals surface area (Å²) in [4.78, 5) is 44.1. The number of ether oxygens (including phenoxy) is 2. The van der Waals surface area contributed by atoms with E-state index in [1.807, 2.05) is 13.8 Å². The average Bonchev–Trinajstić information content (AvgIpc) is 3.16. The molecule has 0 spiro atoms. The highest BCUT2D eigenvalue weighted by atomic mass is 32.1. The van der Waals surface area contributed by atoms with E-state index >= 15 is 0 Å². The first-order valence-electron chi connectivity index (χ1n) is 9.61. The van der Waals surface area contributed by atoms with Gasteiger partial charge >= 0.3 is 10.8 Å². The zero-order valence-electron chi connectivity index (χ0n) is 16.7. The van der Waals surface area contributed by atoms with Crippen LogP contribution in [-0.2, 0) is 9.47 Å². The Morgan fingerprint density at radius 2 is 2.07 bits per heavy atom. The predicted octanol–water partition coefficient (Wildman–Crippen LogP) is 2.29. The smallest absolute Gasteiger partial charge is 0.338 e. The van der Waals surface area contributed by atoms with Crippen molar-refractivity contribution in [3.05, 3.63) is 55.9 Å². The van der Waals surface area contributed by atoms with Gasteiger partial charge in [-0.3, -0.25) is 19.1 Å². The van der Waals surface area contributed by atoms with Crippen LogP contribution in [-0.4, -0.2) is 32.2 Å². The van der Waals surface area contributed by atoms with Crippen LogP contribution in [0.5, 0.6) is 0 Å². The number of thiazole rings is 1. The Balaban J connectivity index is 1.84. The maximum atomic E-state index is 12.9. The molecule has 1 fully saturated rings. The van der Waals surface area contributed by atoms with Crippen molar-refractivity contribution in [1.29, 1.82) is 0 Å². The molecule has 158 valence electrons. The first-order chi connectivity index (χ1) is 14.3. The zero-order valence-corrected chi connectivity index (χ0v) is 17.6. The second-order valence-electron chi connectivity index (χ2n) is 7.51. The zero-order chi connectivity index (χ0) is 21.6. The molecule has 0 aliphatic carbocycles. The molecular formula is C20H22N4O5S. The van der Waals surface area contributed by atoms with Gasteiger partial charge in [-0.25, -0.2) is 4.79 Å². The van der Waals surface area contributed by atoms with Crippen molar-refractivity contribution in [3.63, 3.8) is 0 Å². The number of hydrogen-bond donors (Lipinski definition) is 2. The van der Waals surface area contributed by atoms with Crippen LogP contribution in [0.3, 0.4) is 0 Å². The van der Waals surface area contributed by atoms with Gasteiger partial charge in [0.05, 0.1) is 11.7 Å². The van der Waals surface area contributed by atoms with Gasteiger partial charge in [-0.15, -0.1) is 0 Å². The SMILES string of the molecule is CC[C@H]1O[C@@H](n2c(=O)sc3c(=O)[nH]c(N)nc32)[C@](C)(OC(=O)c2ccccc2)[C@@H]1C. The van der Waals surface area contributed by atoms with E-state index in [2.05, 4.69) is 9.97 Å². The number of carbonyl (C=O) groups excluding carboxylic acids is 1. The maximum absolute atomic E-state index is 12.9. The van der Waals surface area contributed by atoms with Crippen molar-refractivity contribution < 1.29 is 14.3 Å². The topological polar surface area (TPSA) is 129 Å². The van der Waals surface area contributed by atoms with Gasteiger partial charge in [-0.05, 0) is 25.5 Å². The van der Waals surface area contributed by atoms with Crippen LogP contribution in [0.1, 0.15) is 43.8 Å². The van der Waals surface area contributed by atoms with Crippen LogP contribution >= 0.6 is 11.3 Å². The number of hydrogen-bond acceptors (Lipinski definition) is 8. The average molecular weight is 430 g/mol. The van der Waals surface area contributed by atoms with Crippen molar-refractivity contribution >= 4 is 33.6 Å². The van der Waals surface area contributed by atoms with E-state index in [9.17, 15) is 14.4 Å². The van der Waals surface area contributed by atoms with Crippen LogP contribution in [0.2, 0.25) is 0 Å². The molecule has 4 atom stereocenters. The van der Waals surface area contributed by atoms with Gasteiger partial charge in [0.25, 0.3) is 5.56 Å². The van der Waals surface area contributed by atoms with Crippen molar-refractivity contribution in [1.82, 2.24) is 14.5 Å². The fourth-order valence-electron chi connectivity index (χ4n) is 3.91. The summed E-state index contributed by atoms with van der Waals surface area (Å²) in [5, 5.41) is 0. The van der Waals surface area contributed by atoms with Crippen LogP contribution in [0.15, 0.2) is 39.9 Å². The molecule has 3 heterocycles. The highest BCUT2D eigenvalue weighted by Crippen LogP contribution is 2.46. The Bertz CT molecular complexity index is 1220. The number of nitrogens with two attached hydrogens (primary N) is 1. The number of benzene rings is 1. The van der Waals surface area contributed by atoms with E-state index in [0.29, 0.717) is 12.0 Å². The molecule has 4 rings (SSSR count). The molecule has 0 saturated carbocycles. The molecule has 1 aliphatic heterocycles. The van der Waals surface area contributed by atoms with E-state index in [-0.39, 0.29) is 28.3 Å². The molecule has 1 saturated heterocycles. The minimum atomic E-state index is -1.18. The molecule has 2 aromatic heterocycles. The van der Waals surface area contributed by atoms with Crippen LogP contribution in [0, 0.1) is 5.92 Å². The van der Waals surface area contributed by atoms with E-state index < -0.39 is 28.2 Å². The lowest BCUT2D eigenvalue weighted by Gasteiger charge is -2.33. The van der Waals surface area contributed by atoms with Gasteiger partial charge in [0.1, 0.15) is 4.70 Å². The lowest BCUT2D eigenvalue weighted by molar-refractivity contribution is -0.0954. The van der Waals surface area contributed by atoms with Crippen molar-refractivity contribution in [2.24, 2.45) is 5.92 Å². The quantitative estimate of drug-likeness (QED) is 0.608. The minimum absolute atomic E-state index is 0.111. The van der Waals surface area contributed by atoms with Crippen molar-refractivity contribution in [2.45, 2.75) is 45.1 Å². The van der Waals surface area contributed by atoms with Crippen molar-refractivity contribution in [3.8, 4) is 0 Å². The number of aromatic amines is 1. The van der Waals surface area contributed by atoms with E-state index in [1.54, 1.807) is 37.3 Å². The number of nitrogen functional groups attached to an aromatic ring is 1. The number of H-pyrrole nitrogens is 1. The summed E-state index contributed by atoms with van der Waals surface area (Å²) in [6.45, 7) is 5.62. The third-order valence-corrected chi connectivity index (χ3v) is 6.65. The summed E-state index contributed by atoms with van der Waals surface area (Å²) in [7, 11) is 0. The van der Waals surface area contributed by atoms with E-state index in [4.69, 9.17) is 15.2 Å². The summed E-state index contributed by atoms with van der Waals surface area (Å²) < 4.78 is 13.6. The standard InChI is InChI=1S/C20H22N4O5S/c1-4-12-10(2)20(3,29-16(26)11-8-6-5-7-9-11)17(28-12)24-14-13(30-19(24)27)15(25)23-18(21)22-14/h5-10,12,17H,4H2,1-3H3,(H3,21,22,23,25)/t10-,12-,17-,20-/m1/s1.